The Morgan fingerprint density at radius 3 is 2.52 bits per heavy atom. The number of para-hydroxylation sites is 1. The number of benzene rings is 2. The predicted molar refractivity (Wildman–Crippen MR) is 105 cm³/mol. The van der Waals surface area contributed by atoms with Crippen molar-refractivity contribution in [2.24, 2.45) is 0 Å². The van der Waals surface area contributed by atoms with Gasteiger partial charge in [-0.3, -0.25) is 19.6 Å². The number of nitrogens with zero attached hydrogens (tertiary/aromatic N) is 2. The molecule has 0 radical (unpaired) electrons. The number of pyridine rings is 1. The first-order chi connectivity index (χ1) is 13.2. The number of carbonyl (C=O) groups is 1. The molecule has 4 aromatic rings. The second kappa shape index (κ2) is 7.17. The van der Waals surface area contributed by atoms with Gasteiger partial charge in [-0.1, -0.05) is 48.5 Å². The summed E-state index contributed by atoms with van der Waals surface area (Å²) in [5, 5.41) is 0.819. The zero-order valence-corrected chi connectivity index (χ0v) is 14.3. The first kappa shape index (κ1) is 16.6. The standard InChI is InChI=1S/C22H15N3O2/c26-19(11-10-16-14-23-12-13-24-16)21-20(15-6-2-1-3-7-15)17-8-4-5-9-18(17)25-22(21)27/h1-14H,(H,25,27)/b11-10+. The highest BCUT2D eigenvalue weighted by atomic mass is 16.1. The molecule has 130 valence electrons. The average Bonchev–Trinajstić information content (AvgIpc) is 2.72. The van der Waals surface area contributed by atoms with E-state index in [-0.39, 0.29) is 11.3 Å². The smallest absolute Gasteiger partial charge is 0.260 e. The molecule has 0 aliphatic carbocycles. The lowest BCUT2D eigenvalue weighted by molar-refractivity contribution is 0.104. The summed E-state index contributed by atoms with van der Waals surface area (Å²) in [7, 11) is 0. The van der Waals surface area contributed by atoms with E-state index in [4.69, 9.17) is 0 Å². The molecule has 0 atom stereocenters. The lowest BCUT2D eigenvalue weighted by Gasteiger charge is -2.11. The Hall–Kier alpha value is -3.86. The van der Waals surface area contributed by atoms with Crippen LogP contribution in [0.4, 0.5) is 0 Å². The maximum atomic E-state index is 12.9. The van der Waals surface area contributed by atoms with Crippen LogP contribution in [0.25, 0.3) is 28.1 Å². The topological polar surface area (TPSA) is 75.7 Å². The van der Waals surface area contributed by atoms with Gasteiger partial charge in [0.15, 0.2) is 5.78 Å². The van der Waals surface area contributed by atoms with Crippen LogP contribution in [0, 0.1) is 0 Å². The van der Waals surface area contributed by atoms with E-state index in [9.17, 15) is 9.59 Å². The summed E-state index contributed by atoms with van der Waals surface area (Å²) in [6.07, 6.45) is 7.56. The minimum atomic E-state index is -0.415. The van der Waals surface area contributed by atoms with Gasteiger partial charge in [0, 0.05) is 28.9 Å². The molecule has 0 aliphatic heterocycles. The number of aromatic nitrogens is 3. The fraction of sp³-hybridized carbons (Fsp3) is 0. The minimum Gasteiger partial charge on any atom is -0.321 e. The van der Waals surface area contributed by atoms with Crippen molar-refractivity contribution in [1.82, 2.24) is 15.0 Å². The number of ketones is 1. The van der Waals surface area contributed by atoms with Crippen molar-refractivity contribution in [1.29, 1.82) is 0 Å². The number of carbonyl (C=O) groups excluding carboxylic acids is 1. The van der Waals surface area contributed by atoms with E-state index in [2.05, 4.69) is 15.0 Å². The third-order valence-corrected chi connectivity index (χ3v) is 4.22. The maximum Gasteiger partial charge on any atom is 0.260 e. The molecular formula is C22H15N3O2. The molecule has 0 aliphatic rings. The quantitative estimate of drug-likeness (QED) is 0.446. The molecule has 2 aromatic heterocycles. The van der Waals surface area contributed by atoms with E-state index >= 15 is 0 Å². The van der Waals surface area contributed by atoms with Gasteiger partial charge in [-0.2, -0.15) is 0 Å². The number of hydrogen-bond donors (Lipinski definition) is 1. The second-order valence-corrected chi connectivity index (χ2v) is 5.94. The van der Waals surface area contributed by atoms with Crippen LogP contribution in [0.5, 0.6) is 0 Å². The van der Waals surface area contributed by atoms with Crippen LogP contribution in [-0.2, 0) is 0 Å². The van der Waals surface area contributed by atoms with Gasteiger partial charge in [0.1, 0.15) is 0 Å². The molecule has 0 unspecified atom stereocenters. The fourth-order valence-corrected chi connectivity index (χ4v) is 3.02. The van der Waals surface area contributed by atoms with E-state index in [1.54, 1.807) is 24.7 Å². The van der Waals surface area contributed by atoms with Crippen LogP contribution < -0.4 is 5.56 Å². The van der Waals surface area contributed by atoms with E-state index < -0.39 is 5.56 Å². The SMILES string of the molecule is O=C(/C=C/c1cnccn1)c1c(-c2ccccc2)c2ccccc2[nH]c1=O. The third kappa shape index (κ3) is 3.30. The molecule has 27 heavy (non-hydrogen) atoms. The summed E-state index contributed by atoms with van der Waals surface area (Å²) >= 11 is 0. The minimum absolute atomic E-state index is 0.111. The number of allylic oxidation sites excluding steroid dienone is 1. The van der Waals surface area contributed by atoms with Gasteiger partial charge in [-0.25, -0.2) is 0 Å². The van der Waals surface area contributed by atoms with Crippen LogP contribution in [0.2, 0.25) is 0 Å². The predicted octanol–water partition coefficient (Wildman–Crippen LogP) is 3.88. The largest absolute Gasteiger partial charge is 0.321 e. The zero-order chi connectivity index (χ0) is 18.6. The Balaban J connectivity index is 1.92. The first-order valence-electron chi connectivity index (χ1n) is 8.43. The molecule has 0 bridgehead atoms. The van der Waals surface area contributed by atoms with Crippen molar-refractivity contribution in [2.45, 2.75) is 0 Å². The molecule has 0 saturated carbocycles. The van der Waals surface area contributed by atoms with Crippen molar-refractivity contribution >= 4 is 22.8 Å². The Morgan fingerprint density at radius 1 is 0.963 bits per heavy atom. The van der Waals surface area contributed by atoms with Gasteiger partial charge in [-0.15, -0.1) is 0 Å². The van der Waals surface area contributed by atoms with Crippen molar-refractivity contribution < 1.29 is 4.79 Å². The van der Waals surface area contributed by atoms with Crippen molar-refractivity contribution in [3.63, 3.8) is 0 Å². The molecule has 4 rings (SSSR count). The Bertz CT molecular complexity index is 1200. The summed E-state index contributed by atoms with van der Waals surface area (Å²) in [5.41, 5.74) is 2.38. The van der Waals surface area contributed by atoms with E-state index in [1.807, 2.05) is 54.6 Å². The Kier molecular flexibility index (Phi) is 4.41. The second-order valence-electron chi connectivity index (χ2n) is 5.94. The Morgan fingerprint density at radius 2 is 1.74 bits per heavy atom. The van der Waals surface area contributed by atoms with Crippen LogP contribution in [0.1, 0.15) is 16.1 Å². The van der Waals surface area contributed by atoms with Gasteiger partial charge in [0.2, 0.25) is 0 Å². The normalized spacial score (nSPS) is 11.1. The summed E-state index contributed by atoms with van der Waals surface area (Å²) in [6, 6.07) is 16.9. The van der Waals surface area contributed by atoms with Crippen molar-refractivity contribution in [3.8, 4) is 11.1 Å². The number of fused-ring (bicyclic) bond motifs is 1. The van der Waals surface area contributed by atoms with E-state index in [0.717, 1.165) is 10.9 Å². The zero-order valence-electron chi connectivity index (χ0n) is 14.3. The number of hydrogen-bond acceptors (Lipinski definition) is 4. The highest BCUT2D eigenvalue weighted by Crippen LogP contribution is 2.29. The molecule has 2 aromatic carbocycles. The summed E-state index contributed by atoms with van der Waals surface area (Å²) in [6.45, 7) is 0. The molecule has 0 saturated heterocycles. The molecule has 0 amide bonds. The molecule has 0 fully saturated rings. The lowest BCUT2D eigenvalue weighted by atomic mass is 9.94. The summed E-state index contributed by atoms with van der Waals surface area (Å²) < 4.78 is 0. The van der Waals surface area contributed by atoms with Crippen LogP contribution >= 0.6 is 0 Å². The molecule has 2 heterocycles. The monoisotopic (exact) mass is 353 g/mol. The number of aromatic amines is 1. The van der Waals surface area contributed by atoms with E-state index in [0.29, 0.717) is 16.8 Å². The summed E-state index contributed by atoms with van der Waals surface area (Å²) in [4.78, 5) is 36.5. The lowest BCUT2D eigenvalue weighted by Crippen LogP contribution is -2.18. The average molecular weight is 353 g/mol. The highest BCUT2D eigenvalue weighted by Gasteiger charge is 2.18. The molecule has 5 nitrogen and oxygen atoms in total. The van der Waals surface area contributed by atoms with Crippen molar-refractivity contribution in [3.05, 3.63) is 101 Å². The van der Waals surface area contributed by atoms with Crippen LogP contribution in [-0.4, -0.2) is 20.7 Å². The van der Waals surface area contributed by atoms with Crippen molar-refractivity contribution in [2.75, 3.05) is 0 Å². The fourth-order valence-electron chi connectivity index (χ4n) is 3.02. The molecule has 1 N–H and O–H groups in total. The Labute approximate surface area is 155 Å². The maximum absolute atomic E-state index is 12.9. The van der Waals surface area contributed by atoms with Crippen LogP contribution in [0.3, 0.4) is 0 Å². The molecule has 0 spiro atoms. The number of rotatable bonds is 4. The van der Waals surface area contributed by atoms with Gasteiger partial charge in [-0.05, 0) is 23.8 Å². The van der Waals surface area contributed by atoms with Gasteiger partial charge >= 0.3 is 0 Å². The molecular weight excluding hydrogens is 338 g/mol. The van der Waals surface area contributed by atoms with E-state index in [1.165, 1.54) is 6.08 Å². The number of H-pyrrole nitrogens is 1. The van der Waals surface area contributed by atoms with Crippen LogP contribution in [0.15, 0.2) is 84.1 Å². The summed E-state index contributed by atoms with van der Waals surface area (Å²) in [5.74, 6) is -0.383. The van der Waals surface area contributed by atoms with Gasteiger partial charge < -0.3 is 4.98 Å². The first-order valence-corrected chi connectivity index (χ1v) is 8.43. The highest BCUT2D eigenvalue weighted by molar-refractivity contribution is 6.14. The third-order valence-electron chi connectivity index (χ3n) is 4.22. The van der Waals surface area contributed by atoms with Gasteiger partial charge in [0.05, 0.1) is 17.5 Å². The molecule has 5 heteroatoms. The number of nitrogens with one attached hydrogen (secondary N) is 1. The van der Waals surface area contributed by atoms with Gasteiger partial charge in [0.25, 0.3) is 5.56 Å².